The summed E-state index contributed by atoms with van der Waals surface area (Å²) in [6.45, 7) is 4.70. The molecule has 16 heavy (non-hydrogen) atoms. The Bertz CT molecular complexity index is 375. The molecular weight excluding hydrogens is 272 g/mol. The van der Waals surface area contributed by atoms with E-state index in [-0.39, 0.29) is 0 Å². The van der Waals surface area contributed by atoms with E-state index in [1.54, 1.807) is 19.2 Å². The molecule has 0 aliphatic rings. The maximum absolute atomic E-state index is 10.8. The van der Waals surface area contributed by atoms with Gasteiger partial charge in [0.1, 0.15) is 0 Å². The molecule has 0 aliphatic heterocycles. The van der Waals surface area contributed by atoms with Gasteiger partial charge < -0.3 is 9.47 Å². The molecule has 0 bridgehead atoms. The Morgan fingerprint density at radius 2 is 2.12 bits per heavy atom. The molecule has 0 radical (unpaired) electrons. The zero-order valence-electron chi connectivity index (χ0n) is 9.62. The highest BCUT2D eigenvalue weighted by atomic mass is 79.9. The highest BCUT2D eigenvalue weighted by Crippen LogP contribution is 2.37. The fourth-order valence-electron chi connectivity index (χ4n) is 1.19. The van der Waals surface area contributed by atoms with E-state index < -0.39 is 0 Å². The molecule has 0 heterocycles. The van der Waals surface area contributed by atoms with Crippen molar-refractivity contribution in [2.24, 2.45) is 5.92 Å². The van der Waals surface area contributed by atoms with Crippen LogP contribution in [0.25, 0.3) is 0 Å². The summed E-state index contributed by atoms with van der Waals surface area (Å²) < 4.78 is 11.5. The summed E-state index contributed by atoms with van der Waals surface area (Å²) in [5.41, 5.74) is 0.555. The van der Waals surface area contributed by atoms with Crippen molar-refractivity contribution >= 4 is 22.2 Å². The van der Waals surface area contributed by atoms with Gasteiger partial charge in [0, 0.05) is 5.56 Å². The fourth-order valence-corrected chi connectivity index (χ4v) is 1.73. The molecule has 4 heteroatoms. The lowest BCUT2D eigenvalue weighted by Crippen LogP contribution is -2.06. The highest BCUT2D eigenvalue weighted by molar-refractivity contribution is 9.10. The second-order valence-corrected chi connectivity index (χ2v) is 4.62. The number of aldehydes is 1. The van der Waals surface area contributed by atoms with Crippen molar-refractivity contribution in [2.45, 2.75) is 13.8 Å². The van der Waals surface area contributed by atoms with Crippen LogP contribution in [-0.2, 0) is 0 Å². The molecule has 0 N–H and O–H groups in total. The minimum absolute atomic E-state index is 0.413. The summed E-state index contributed by atoms with van der Waals surface area (Å²) in [6.07, 6.45) is 0.783. The molecule has 0 amide bonds. The van der Waals surface area contributed by atoms with Crippen LogP contribution in [0.1, 0.15) is 24.2 Å². The average Bonchev–Trinajstić information content (AvgIpc) is 2.26. The lowest BCUT2D eigenvalue weighted by Gasteiger charge is -2.14. The summed E-state index contributed by atoms with van der Waals surface area (Å²) in [5.74, 6) is 1.62. The monoisotopic (exact) mass is 286 g/mol. The van der Waals surface area contributed by atoms with Gasteiger partial charge in [-0.25, -0.2) is 0 Å². The quantitative estimate of drug-likeness (QED) is 0.779. The van der Waals surface area contributed by atoms with Gasteiger partial charge in [0.05, 0.1) is 18.2 Å². The molecule has 0 fully saturated rings. The average molecular weight is 287 g/mol. The van der Waals surface area contributed by atoms with Gasteiger partial charge in [-0.1, -0.05) is 13.8 Å². The number of halogens is 1. The van der Waals surface area contributed by atoms with Gasteiger partial charge in [-0.15, -0.1) is 0 Å². The smallest absolute Gasteiger partial charge is 0.176 e. The maximum Gasteiger partial charge on any atom is 0.176 e. The largest absolute Gasteiger partial charge is 0.493 e. The normalized spacial score (nSPS) is 10.3. The molecule has 1 rings (SSSR count). The molecule has 0 spiro atoms. The van der Waals surface area contributed by atoms with Crippen molar-refractivity contribution in [1.82, 2.24) is 0 Å². The van der Waals surface area contributed by atoms with E-state index in [0.29, 0.717) is 34.1 Å². The molecule has 0 aromatic heterocycles. The van der Waals surface area contributed by atoms with Crippen molar-refractivity contribution in [3.05, 3.63) is 22.2 Å². The standard InChI is InChI=1S/C12H15BrO3/c1-8(2)7-16-12-10(15-3)5-4-9(6-14)11(12)13/h4-6,8H,7H2,1-3H3. The van der Waals surface area contributed by atoms with Crippen molar-refractivity contribution in [3.63, 3.8) is 0 Å². The van der Waals surface area contributed by atoms with E-state index in [1.165, 1.54) is 0 Å². The third-order valence-electron chi connectivity index (χ3n) is 2.00. The Labute approximate surface area is 104 Å². The number of carbonyl (C=O) groups is 1. The summed E-state index contributed by atoms with van der Waals surface area (Å²) in [5, 5.41) is 0. The first-order valence-corrected chi connectivity index (χ1v) is 5.84. The molecule has 0 aliphatic carbocycles. The van der Waals surface area contributed by atoms with Gasteiger partial charge >= 0.3 is 0 Å². The van der Waals surface area contributed by atoms with E-state index in [1.807, 2.05) is 0 Å². The minimum Gasteiger partial charge on any atom is -0.493 e. The molecule has 1 aromatic carbocycles. The van der Waals surface area contributed by atoms with Crippen LogP contribution < -0.4 is 9.47 Å². The lowest BCUT2D eigenvalue weighted by atomic mass is 10.2. The van der Waals surface area contributed by atoms with Crippen LogP contribution in [0.4, 0.5) is 0 Å². The second-order valence-electron chi connectivity index (χ2n) is 3.82. The number of carbonyl (C=O) groups excluding carboxylic acids is 1. The van der Waals surface area contributed by atoms with E-state index in [4.69, 9.17) is 9.47 Å². The first-order valence-electron chi connectivity index (χ1n) is 5.04. The molecular formula is C12H15BrO3. The lowest BCUT2D eigenvalue weighted by molar-refractivity contribution is 0.112. The van der Waals surface area contributed by atoms with Crippen LogP contribution in [-0.4, -0.2) is 20.0 Å². The number of hydrogen-bond donors (Lipinski definition) is 0. The first-order chi connectivity index (χ1) is 7.60. The van der Waals surface area contributed by atoms with Gasteiger partial charge in [0.15, 0.2) is 17.8 Å². The number of hydrogen-bond acceptors (Lipinski definition) is 3. The van der Waals surface area contributed by atoms with Gasteiger partial charge in [-0.3, -0.25) is 4.79 Å². The molecule has 3 nitrogen and oxygen atoms in total. The Kier molecular flexibility index (Phi) is 4.80. The van der Waals surface area contributed by atoms with Gasteiger partial charge in [0.2, 0.25) is 0 Å². The zero-order valence-corrected chi connectivity index (χ0v) is 11.2. The van der Waals surface area contributed by atoms with Crippen LogP contribution in [0.15, 0.2) is 16.6 Å². The summed E-state index contributed by atoms with van der Waals surface area (Å²) in [4.78, 5) is 10.8. The molecule has 0 atom stereocenters. The van der Waals surface area contributed by atoms with Crippen molar-refractivity contribution in [1.29, 1.82) is 0 Å². The van der Waals surface area contributed by atoms with Gasteiger partial charge in [0.25, 0.3) is 0 Å². The van der Waals surface area contributed by atoms with Crippen molar-refractivity contribution in [2.75, 3.05) is 13.7 Å². The third kappa shape index (κ3) is 2.98. The molecule has 0 saturated heterocycles. The predicted molar refractivity (Wildman–Crippen MR) is 66.4 cm³/mol. The maximum atomic E-state index is 10.8. The van der Waals surface area contributed by atoms with Crippen molar-refractivity contribution < 1.29 is 14.3 Å². The molecule has 0 unspecified atom stereocenters. The van der Waals surface area contributed by atoms with Crippen LogP contribution in [0.3, 0.4) is 0 Å². The van der Waals surface area contributed by atoms with Crippen LogP contribution in [0, 0.1) is 5.92 Å². The number of rotatable bonds is 5. The van der Waals surface area contributed by atoms with Crippen LogP contribution >= 0.6 is 15.9 Å². The van der Waals surface area contributed by atoms with Gasteiger partial charge in [-0.2, -0.15) is 0 Å². The molecule has 88 valence electrons. The van der Waals surface area contributed by atoms with Gasteiger partial charge in [-0.05, 0) is 34.0 Å². The van der Waals surface area contributed by atoms with E-state index >= 15 is 0 Å². The minimum atomic E-state index is 0.413. The second kappa shape index (κ2) is 5.89. The zero-order chi connectivity index (χ0) is 12.1. The fraction of sp³-hybridized carbons (Fsp3) is 0.417. The Balaban J connectivity index is 3.05. The number of benzene rings is 1. The predicted octanol–water partition coefficient (Wildman–Crippen LogP) is 3.31. The van der Waals surface area contributed by atoms with E-state index in [9.17, 15) is 4.79 Å². The Hall–Kier alpha value is -1.03. The molecule has 0 saturated carbocycles. The van der Waals surface area contributed by atoms with E-state index in [2.05, 4.69) is 29.8 Å². The highest BCUT2D eigenvalue weighted by Gasteiger charge is 2.13. The topological polar surface area (TPSA) is 35.5 Å². The Morgan fingerprint density at radius 3 is 2.62 bits per heavy atom. The van der Waals surface area contributed by atoms with Crippen LogP contribution in [0.5, 0.6) is 11.5 Å². The number of methoxy groups -OCH3 is 1. The summed E-state index contributed by atoms with van der Waals surface area (Å²) in [6, 6.07) is 3.42. The number of ether oxygens (including phenoxy) is 2. The summed E-state index contributed by atoms with van der Waals surface area (Å²) >= 11 is 3.35. The van der Waals surface area contributed by atoms with E-state index in [0.717, 1.165) is 6.29 Å². The Morgan fingerprint density at radius 1 is 1.44 bits per heavy atom. The summed E-state index contributed by atoms with van der Waals surface area (Å²) in [7, 11) is 1.57. The molecule has 1 aromatic rings. The SMILES string of the molecule is COc1ccc(C=O)c(Br)c1OCC(C)C. The van der Waals surface area contributed by atoms with Crippen molar-refractivity contribution in [3.8, 4) is 11.5 Å². The first kappa shape index (κ1) is 13.0. The third-order valence-corrected chi connectivity index (χ3v) is 2.82. The van der Waals surface area contributed by atoms with Crippen LogP contribution in [0.2, 0.25) is 0 Å².